The van der Waals surface area contributed by atoms with Crippen LogP contribution in [-0.2, 0) is 109 Å². The molecule has 0 aliphatic heterocycles. The van der Waals surface area contributed by atoms with E-state index in [4.69, 9.17) is 82.1 Å². The van der Waals surface area contributed by atoms with E-state index in [0.717, 1.165) is 110 Å². The summed E-state index contributed by atoms with van der Waals surface area (Å²) >= 11 is 6.60. The Kier molecular flexibility index (Phi) is 37.1. The zero-order chi connectivity index (χ0) is 93.9. The smallest absolute Gasteiger partial charge is 0.306 e. The maximum absolute atomic E-state index is 13.8. The minimum Gasteiger partial charge on any atom is -0.489 e. The van der Waals surface area contributed by atoms with Gasteiger partial charge in [-0.1, -0.05) is 307 Å². The van der Waals surface area contributed by atoms with E-state index in [1.807, 2.05) is 370 Å². The fraction of sp³-hybridized carbons (Fsp3) is 0.235. The van der Waals surface area contributed by atoms with Crippen LogP contribution in [0.2, 0.25) is 19.1 Å². The van der Waals surface area contributed by atoms with Crippen molar-refractivity contribution in [3.8, 4) is 80.5 Å². The van der Waals surface area contributed by atoms with Gasteiger partial charge in [-0.15, -0.1) is 0 Å². The first-order valence-electron chi connectivity index (χ1n) is 47.2. The third-order valence-corrected chi connectivity index (χ3v) is 24.7. The molecule has 15 aromatic rings. The Morgan fingerprint density at radius 3 is 0.482 bits per heavy atom. The number of benzene rings is 15. The summed E-state index contributed by atoms with van der Waals surface area (Å²) in [5.41, 5.74) is 13.5. The van der Waals surface area contributed by atoms with Crippen LogP contribution in [0.25, 0.3) is 0 Å². The molecule has 15 rings (SSSR count). The second kappa shape index (κ2) is 52.4. The fourth-order valence-electron chi connectivity index (χ4n) is 15.4. The van der Waals surface area contributed by atoms with Gasteiger partial charge in [-0.2, -0.15) is 11.1 Å². The standard InChI is InChI=1S/C119H119ClO16Si/c1-137(2,120)53-35-9-7-5-3-4-6-8-34-52-119(121)136-89-104-66-117(134-87-102-62-113(130-83-98-54-105(122-75-90-36-18-10-19-37-90)68-106(55-98)123-76-91-38-20-11-21-39-91)72-114(63-102)131-84-99-56-107(124-77-92-40-22-12-23-41-92)69-108(57-99)125-78-93-42-24-13-25-43-93)74-118(67-104)135-88-103-64-115(132-85-100-58-109(126-79-94-44-26-14-27-45-94)70-110(59-100)127-80-95-46-28-15-29-47-95)73-116(65-103)133-86-101-60-111(128-81-96-48-30-16-31-49-96)71-112(61-101)129-82-97-50-32-17-33-51-97/h10-33,36-51,54-74H,3-9,34-35,52-53,75-89H2,1-2H3. The number of hydrogen-bond donors (Lipinski definition) is 0. The van der Waals surface area contributed by atoms with Gasteiger partial charge in [0.2, 0.25) is 0 Å². The summed E-state index contributed by atoms with van der Waals surface area (Å²) in [7, 11) is -1.54. The van der Waals surface area contributed by atoms with Crippen molar-refractivity contribution >= 4 is 24.4 Å². The number of carbonyl (C=O) groups is 1. The molecule has 0 spiro atoms. The number of halogens is 1. The monoisotopic (exact) mass is 1870 g/mol. The number of rotatable bonds is 56. The minimum absolute atomic E-state index is 0.0378. The van der Waals surface area contributed by atoms with Crippen LogP contribution >= 0.6 is 11.1 Å². The summed E-state index contributed by atoms with van der Waals surface area (Å²) in [6.45, 7) is 7.81. The molecule has 0 unspecified atom stereocenters. The van der Waals surface area contributed by atoms with Crippen LogP contribution in [-0.4, -0.2) is 13.4 Å². The number of hydrogen-bond acceptors (Lipinski definition) is 16. The van der Waals surface area contributed by atoms with Gasteiger partial charge in [-0.3, -0.25) is 4.79 Å². The first-order chi connectivity index (χ1) is 67.3. The second-order valence-electron chi connectivity index (χ2n) is 34.7. The van der Waals surface area contributed by atoms with Crippen LogP contribution in [0.1, 0.15) is 148 Å². The zero-order valence-corrected chi connectivity index (χ0v) is 79.8. The lowest BCUT2D eigenvalue weighted by atomic mass is 10.1. The molecule has 15 aromatic carbocycles. The molecule has 0 aliphatic carbocycles. The normalized spacial score (nSPS) is 11.1. The summed E-state index contributed by atoms with van der Waals surface area (Å²) in [4.78, 5) is 13.8. The predicted octanol–water partition coefficient (Wildman–Crippen LogP) is 29.2. The summed E-state index contributed by atoms with van der Waals surface area (Å²) in [5, 5.41) is 0. The molecule has 0 saturated carbocycles. The van der Waals surface area contributed by atoms with Crippen molar-refractivity contribution in [3.63, 3.8) is 0 Å². The molecule has 0 aliphatic rings. The van der Waals surface area contributed by atoms with Crippen molar-refractivity contribution in [2.24, 2.45) is 0 Å². The maximum Gasteiger partial charge on any atom is 0.306 e. The SMILES string of the molecule is C[Si](C)(Cl)CCCCCCCCCCCC(=O)OCc1cc(OCc2cc(OCc3cc(OCc4ccccc4)cc(OCc4ccccc4)c3)cc(OCc3cc(OCc4ccccc4)cc(OCc4ccccc4)c3)c2)cc(OCc2cc(OCc3cc(OCc4ccccc4)cc(OCc4ccccc4)c3)cc(OCc3cc(OCc4ccccc4)cc(OCc4ccccc4)c3)c2)c1. The first-order valence-corrected chi connectivity index (χ1v) is 51.4. The van der Waals surface area contributed by atoms with Gasteiger partial charge in [0.25, 0.3) is 0 Å². The van der Waals surface area contributed by atoms with Crippen LogP contribution in [0.5, 0.6) is 80.5 Å². The Hall–Kier alpha value is -14.5. The lowest BCUT2D eigenvalue weighted by Crippen LogP contribution is -2.14. The molecule has 0 amide bonds. The molecular weight excluding hydrogens is 1750 g/mol. The molecule has 0 radical (unpaired) electrons. The van der Waals surface area contributed by atoms with Gasteiger partial charge in [0, 0.05) is 48.9 Å². The molecule has 702 valence electrons. The van der Waals surface area contributed by atoms with Crippen molar-refractivity contribution < 1.29 is 75.8 Å². The van der Waals surface area contributed by atoms with Crippen molar-refractivity contribution in [1.82, 2.24) is 0 Å². The van der Waals surface area contributed by atoms with Crippen LogP contribution in [0.15, 0.2) is 370 Å². The van der Waals surface area contributed by atoms with E-state index in [1.165, 1.54) is 32.1 Å². The average Bonchev–Trinajstić information content (AvgIpc) is 0.829. The summed E-state index contributed by atoms with van der Waals surface area (Å²) < 4.78 is 99.1. The summed E-state index contributed by atoms with van der Waals surface area (Å²) in [6, 6.07) is 122. The van der Waals surface area contributed by atoms with E-state index >= 15 is 0 Å². The largest absolute Gasteiger partial charge is 0.489 e. The third kappa shape index (κ3) is 34.7. The van der Waals surface area contributed by atoms with E-state index in [1.54, 1.807) is 0 Å². The predicted molar refractivity (Wildman–Crippen MR) is 541 cm³/mol. The third-order valence-electron chi connectivity index (χ3n) is 22.6. The van der Waals surface area contributed by atoms with Crippen molar-refractivity contribution in [1.29, 1.82) is 0 Å². The highest BCUT2D eigenvalue weighted by atomic mass is 35.6. The van der Waals surface area contributed by atoms with Crippen LogP contribution in [0.3, 0.4) is 0 Å². The molecule has 0 atom stereocenters. The van der Waals surface area contributed by atoms with Crippen molar-refractivity contribution in [2.45, 2.75) is 182 Å². The van der Waals surface area contributed by atoms with E-state index in [-0.39, 0.29) is 52.2 Å². The highest BCUT2D eigenvalue weighted by Gasteiger charge is 2.19. The van der Waals surface area contributed by atoms with Gasteiger partial charge >= 0.3 is 5.97 Å². The molecule has 0 heterocycles. The van der Waals surface area contributed by atoms with Crippen molar-refractivity contribution in [2.75, 3.05) is 0 Å². The van der Waals surface area contributed by atoms with E-state index < -0.39 is 7.38 Å². The number of carbonyl (C=O) groups excluding carboxylic acids is 1. The Balaban J connectivity index is 0.723. The molecule has 18 heteroatoms. The topological polar surface area (TPSA) is 156 Å². The molecule has 16 nitrogen and oxygen atoms in total. The highest BCUT2D eigenvalue weighted by molar-refractivity contribution is 7.19. The number of unbranched alkanes of at least 4 members (excludes halogenated alkanes) is 8. The molecular formula is C119H119ClO16Si. The maximum atomic E-state index is 13.8. The van der Waals surface area contributed by atoms with Gasteiger partial charge < -0.3 is 71.1 Å². The Morgan fingerprint density at radius 2 is 0.321 bits per heavy atom. The zero-order valence-electron chi connectivity index (χ0n) is 78.0. The van der Waals surface area contributed by atoms with Gasteiger partial charge in [-0.25, -0.2) is 0 Å². The molecule has 0 N–H and O–H groups in total. The first kappa shape index (κ1) is 97.0. The number of esters is 1. The summed E-state index contributed by atoms with van der Waals surface area (Å²) in [5.74, 6) is 7.62. The van der Waals surface area contributed by atoms with Crippen LogP contribution in [0, 0.1) is 0 Å². The van der Waals surface area contributed by atoms with Gasteiger partial charge in [0.1, 0.15) is 187 Å². The van der Waals surface area contributed by atoms with Crippen molar-refractivity contribution in [3.05, 3.63) is 454 Å². The molecule has 137 heavy (non-hydrogen) atoms. The van der Waals surface area contributed by atoms with E-state index in [2.05, 4.69) is 13.1 Å². The second-order valence-corrected chi connectivity index (χ2v) is 41.7. The van der Waals surface area contributed by atoms with Gasteiger partial charge in [0.15, 0.2) is 0 Å². The Labute approximate surface area is 811 Å². The van der Waals surface area contributed by atoms with Gasteiger partial charge in [-0.05, 0) is 181 Å². The van der Waals surface area contributed by atoms with E-state index in [0.29, 0.717) is 145 Å². The molecule has 0 bridgehead atoms. The van der Waals surface area contributed by atoms with E-state index in [9.17, 15) is 4.79 Å². The molecule has 0 saturated heterocycles. The Morgan fingerprint density at radius 1 is 0.182 bits per heavy atom. The molecule has 0 fully saturated rings. The van der Waals surface area contributed by atoms with Gasteiger partial charge in [0.05, 0.1) is 0 Å². The highest BCUT2D eigenvalue weighted by Crippen LogP contribution is 2.37. The Bertz CT molecular complexity index is 5250. The van der Waals surface area contributed by atoms with Crippen LogP contribution in [0.4, 0.5) is 0 Å². The lowest BCUT2D eigenvalue weighted by molar-refractivity contribution is -0.145. The quantitative estimate of drug-likeness (QED) is 0.0153. The number of ether oxygens (including phenoxy) is 15. The lowest BCUT2D eigenvalue weighted by Gasteiger charge is -2.17. The fourth-order valence-corrected chi connectivity index (χ4v) is 16.9. The average molecular weight is 1870 g/mol. The molecule has 0 aromatic heterocycles. The minimum atomic E-state index is -1.54. The summed E-state index contributed by atoms with van der Waals surface area (Å²) in [6.07, 6.45) is 10.2. The van der Waals surface area contributed by atoms with Crippen LogP contribution < -0.4 is 66.3 Å².